The summed E-state index contributed by atoms with van der Waals surface area (Å²) < 4.78 is 1.12. The van der Waals surface area contributed by atoms with Crippen molar-refractivity contribution in [3.8, 4) is 33.4 Å². The summed E-state index contributed by atoms with van der Waals surface area (Å²) in [5, 5.41) is 5.01. The molecule has 0 bridgehead atoms. The SMILES string of the molecule is Brc1cccc2cc3ccccc3c(-c3cc(-c4ccccc4)cc(-c4ccccc4)c3)c12. The fourth-order valence-corrected chi connectivity index (χ4v) is 5.32. The molecule has 0 N–H and O–H groups in total. The predicted molar refractivity (Wildman–Crippen MR) is 145 cm³/mol. The molecule has 0 nitrogen and oxygen atoms in total. The highest BCUT2D eigenvalue weighted by molar-refractivity contribution is 9.10. The van der Waals surface area contributed by atoms with Gasteiger partial charge < -0.3 is 0 Å². The van der Waals surface area contributed by atoms with E-state index in [1.54, 1.807) is 0 Å². The van der Waals surface area contributed by atoms with Crippen molar-refractivity contribution >= 4 is 37.5 Å². The van der Waals surface area contributed by atoms with Gasteiger partial charge >= 0.3 is 0 Å². The van der Waals surface area contributed by atoms with Crippen molar-refractivity contribution in [1.82, 2.24) is 0 Å². The minimum atomic E-state index is 1.12. The predicted octanol–water partition coefficient (Wildman–Crippen LogP) is 9.76. The van der Waals surface area contributed by atoms with Crippen LogP contribution in [0.4, 0.5) is 0 Å². The zero-order valence-corrected chi connectivity index (χ0v) is 19.6. The van der Waals surface area contributed by atoms with E-state index in [2.05, 4.69) is 143 Å². The Balaban J connectivity index is 1.74. The Labute approximate surface area is 202 Å². The van der Waals surface area contributed by atoms with Crippen molar-refractivity contribution in [3.63, 3.8) is 0 Å². The van der Waals surface area contributed by atoms with Crippen molar-refractivity contribution in [2.75, 3.05) is 0 Å². The number of hydrogen-bond donors (Lipinski definition) is 0. The first-order chi connectivity index (χ1) is 16.3. The fraction of sp³-hybridized carbons (Fsp3) is 0. The summed E-state index contributed by atoms with van der Waals surface area (Å²) in [6.45, 7) is 0. The van der Waals surface area contributed by atoms with Crippen LogP contribution in [0, 0.1) is 0 Å². The molecule has 0 heterocycles. The summed E-state index contributed by atoms with van der Waals surface area (Å²) in [7, 11) is 0. The van der Waals surface area contributed by atoms with Gasteiger partial charge in [-0.2, -0.15) is 0 Å². The van der Waals surface area contributed by atoms with Crippen LogP contribution in [0.25, 0.3) is 54.9 Å². The van der Waals surface area contributed by atoms with E-state index in [9.17, 15) is 0 Å². The summed E-state index contributed by atoms with van der Waals surface area (Å²) in [6, 6.07) is 45.7. The van der Waals surface area contributed by atoms with Gasteiger partial charge in [0.25, 0.3) is 0 Å². The van der Waals surface area contributed by atoms with Gasteiger partial charge in [-0.3, -0.25) is 0 Å². The topological polar surface area (TPSA) is 0 Å². The molecule has 0 atom stereocenters. The van der Waals surface area contributed by atoms with E-state index in [0.717, 1.165) is 4.47 Å². The normalized spacial score (nSPS) is 11.2. The molecule has 0 saturated carbocycles. The summed E-state index contributed by atoms with van der Waals surface area (Å²) in [4.78, 5) is 0. The van der Waals surface area contributed by atoms with Crippen LogP contribution in [-0.4, -0.2) is 0 Å². The van der Waals surface area contributed by atoms with Crippen LogP contribution in [0.1, 0.15) is 0 Å². The van der Waals surface area contributed by atoms with E-state index in [4.69, 9.17) is 0 Å². The second kappa shape index (κ2) is 8.35. The quantitative estimate of drug-likeness (QED) is 0.219. The lowest BCUT2D eigenvalue weighted by atomic mass is 9.88. The Morgan fingerprint density at radius 2 is 0.939 bits per heavy atom. The molecule has 1 heteroatoms. The Morgan fingerprint density at radius 3 is 1.61 bits per heavy atom. The zero-order chi connectivity index (χ0) is 22.2. The number of rotatable bonds is 3. The van der Waals surface area contributed by atoms with E-state index in [1.807, 2.05) is 0 Å². The highest BCUT2D eigenvalue weighted by Crippen LogP contribution is 2.42. The number of halogens is 1. The van der Waals surface area contributed by atoms with Crippen LogP contribution in [0.15, 0.2) is 132 Å². The molecule has 0 unspecified atom stereocenters. The van der Waals surface area contributed by atoms with Gasteiger partial charge in [-0.25, -0.2) is 0 Å². The smallest absolute Gasteiger partial charge is 0.0260 e. The minimum absolute atomic E-state index is 1.12. The summed E-state index contributed by atoms with van der Waals surface area (Å²) in [6.07, 6.45) is 0. The lowest BCUT2D eigenvalue weighted by Crippen LogP contribution is -1.90. The summed E-state index contributed by atoms with van der Waals surface area (Å²) >= 11 is 3.86. The molecule has 6 rings (SSSR count). The maximum absolute atomic E-state index is 3.86. The molecule has 0 spiro atoms. The average molecular weight is 485 g/mol. The number of hydrogen-bond acceptors (Lipinski definition) is 0. The molecule has 0 aromatic heterocycles. The molecule has 6 aromatic rings. The first-order valence-electron chi connectivity index (χ1n) is 11.1. The lowest BCUT2D eigenvalue weighted by molar-refractivity contribution is 1.58. The third-order valence-corrected chi connectivity index (χ3v) is 6.93. The highest BCUT2D eigenvalue weighted by atomic mass is 79.9. The first kappa shape index (κ1) is 20.0. The Kier molecular flexibility index (Phi) is 5.05. The van der Waals surface area contributed by atoms with Gasteiger partial charge in [0.05, 0.1) is 0 Å². The van der Waals surface area contributed by atoms with Gasteiger partial charge in [-0.15, -0.1) is 0 Å². The van der Waals surface area contributed by atoms with Crippen molar-refractivity contribution in [2.24, 2.45) is 0 Å². The van der Waals surface area contributed by atoms with Crippen molar-refractivity contribution < 1.29 is 0 Å². The largest absolute Gasteiger partial charge is 0.0622 e. The molecule has 0 saturated heterocycles. The van der Waals surface area contributed by atoms with Crippen LogP contribution in [0.2, 0.25) is 0 Å². The number of benzene rings is 6. The van der Waals surface area contributed by atoms with Gasteiger partial charge in [0.1, 0.15) is 0 Å². The van der Waals surface area contributed by atoms with Gasteiger partial charge in [0.15, 0.2) is 0 Å². The lowest BCUT2D eigenvalue weighted by Gasteiger charge is -2.16. The molecule has 0 amide bonds. The Morgan fingerprint density at radius 1 is 0.394 bits per heavy atom. The first-order valence-corrected chi connectivity index (χ1v) is 11.9. The second-order valence-corrected chi connectivity index (χ2v) is 9.20. The summed E-state index contributed by atoms with van der Waals surface area (Å²) in [5.74, 6) is 0. The van der Waals surface area contributed by atoms with E-state index < -0.39 is 0 Å². The average Bonchev–Trinajstić information content (AvgIpc) is 2.88. The van der Waals surface area contributed by atoms with Crippen LogP contribution in [0.3, 0.4) is 0 Å². The van der Waals surface area contributed by atoms with Gasteiger partial charge in [0, 0.05) is 9.86 Å². The monoisotopic (exact) mass is 484 g/mol. The third kappa shape index (κ3) is 3.65. The molecular formula is C32H21Br. The molecular weight excluding hydrogens is 464 g/mol. The Hall–Kier alpha value is -3.68. The third-order valence-electron chi connectivity index (χ3n) is 6.27. The number of fused-ring (bicyclic) bond motifs is 2. The van der Waals surface area contributed by atoms with E-state index in [0.29, 0.717) is 0 Å². The fourth-order valence-electron chi connectivity index (χ4n) is 4.74. The summed E-state index contributed by atoms with van der Waals surface area (Å²) in [5.41, 5.74) is 7.38. The van der Waals surface area contributed by atoms with Crippen LogP contribution < -0.4 is 0 Å². The molecule has 0 aliphatic carbocycles. The van der Waals surface area contributed by atoms with Crippen molar-refractivity contribution in [2.45, 2.75) is 0 Å². The van der Waals surface area contributed by atoms with E-state index in [-0.39, 0.29) is 0 Å². The molecule has 156 valence electrons. The van der Waals surface area contributed by atoms with Crippen LogP contribution >= 0.6 is 15.9 Å². The van der Waals surface area contributed by atoms with Gasteiger partial charge in [-0.1, -0.05) is 113 Å². The standard InChI is InChI=1S/C32H21Br/c33-30-17-9-15-25-18-24-14-7-8-16-29(24)31(32(25)30)28-20-26(22-10-3-1-4-11-22)19-27(21-28)23-12-5-2-6-13-23/h1-21H. The van der Waals surface area contributed by atoms with Crippen LogP contribution in [0.5, 0.6) is 0 Å². The van der Waals surface area contributed by atoms with Crippen LogP contribution in [-0.2, 0) is 0 Å². The zero-order valence-electron chi connectivity index (χ0n) is 18.0. The highest BCUT2D eigenvalue weighted by Gasteiger charge is 2.15. The maximum Gasteiger partial charge on any atom is 0.0260 e. The molecule has 0 aliphatic heterocycles. The van der Waals surface area contributed by atoms with E-state index >= 15 is 0 Å². The van der Waals surface area contributed by atoms with Crippen molar-refractivity contribution in [3.05, 3.63) is 132 Å². The maximum atomic E-state index is 3.86. The Bertz CT molecular complexity index is 1540. The molecule has 0 aliphatic rings. The van der Waals surface area contributed by atoms with Crippen molar-refractivity contribution in [1.29, 1.82) is 0 Å². The molecule has 0 fully saturated rings. The van der Waals surface area contributed by atoms with Gasteiger partial charge in [-0.05, 0) is 79.9 Å². The van der Waals surface area contributed by atoms with E-state index in [1.165, 1.54) is 54.9 Å². The van der Waals surface area contributed by atoms with Gasteiger partial charge in [0.2, 0.25) is 0 Å². The molecule has 0 radical (unpaired) electrons. The second-order valence-electron chi connectivity index (χ2n) is 8.34. The molecule has 33 heavy (non-hydrogen) atoms. The molecule has 6 aromatic carbocycles. The minimum Gasteiger partial charge on any atom is -0.0622 e.